The molecule has 1 N–H and O–H groups in total. The maximum absolute atomic E-state index is 12.9. The van der Waals surface area contributed by atoms with Crippen LogP contribution in [0.15, 0.2) is 76.1 Å². The minimum Gasteiger partial charge on any atom is -0.488 e. The van der Waals surface area contributed by atoms with E-state index < -0.39 is 17.1 Å². The van der Waals surface area contributed by atoms with Crippen molar-refractivity contribution in [1.82, 2.24) is 4.90 Å². The Morgan fingerprint density at radius 1 is 1.03 bits per heavy atom. The van der Waals surface area contributed by atoms with Crippen molar-refractivity contribution in [2.45, 2.75) is 20.5 Å². The molecule has 1 aliphatic heterocycles. The molecule has 3 amide bonds. The van der Waals surface area contributed by atoms with Gasteiger partial charge in [0.1, 0.15) is 18.9 Å². The molecule has 1 saturated heterocycles. The number of carbonyl (C=O) groups is 3. The van der Waals surface area contributed by atoms with Crippen LogP contribution < -0.4 is 10.1 Å². The molecule has 1 fully saturated rings. The van der Waals surface area contributed by atoms with Crippen molar-refractivity contribution < 1.29 is 19.1 Å². The van der Waals surface area contributed by atoms with Gasteiger partial charge in [-0.1, -0.05) is 54.6 Å². The number of amides is 3. The fraction of sp³-hybridized carbons (Fsp3) is 0.148. The first kappa shape index (κ1) is 24.8. The van der Waals surface area contributed by atoms with E-state index in [2.05, 4.69) is 21.2 Å². The molecule has 35 heavy (non-hydrogen) atoms. The van der Waals surface area contributed by atoms with Gasteiger partial charge in [-0.25, -0.2) is 0 Å². The molecule has 3 aromatic carbocycles. The van der Waals surface area contributed by atoms with Crippen LogP contribution in [-0.4, -0.2) is 28.5 Å². The maximum atomic E-state index is 12.9. The Morgan fingerprint density at radius 2 is 1.74 bits per heavy atom. The minimum atomic E-state index is -0.489. The molecule has 3 aromatic rings. The van der Waals surface area contributed by atoms with Crippen molar-refractivity contribution in [2.24, 2.45) is 0 Å². The number of hydrogen-bond donors (Lipinski definition) is 1. The van der Waals surface area contributed by atoms with Crippen molar-refractivity contribution in [1.29, 1.82) is 0 Å². The van der Waals surface area contributed by atoms with Crippen molar-refractivity contribution in [3.8, 4) is 5.75 Å². The number of hydrogen-bond acceptors (Lipinski definition) is 5. The highest BCUT2D eigenvalue weighted by Gasteiger charge is 2.36. The average Bonchev–Trinajstić information content (AvgIpc) is 3.09. The normalized spacial score (nSPS) is 14.5. The molecule has 0 radical (unpaired) electrons. The monoisotopic (exact) mass is 550 g/mol. The van der Waals surface area contributed by atoms with E-state index in [0.29, 0.717) is 18.0 Å². The molecule has 0 atom stereocenters. The summed E-state index contributed by atoms with van der Waals surface area (Å²) in [6, 6.07) is 21.0. The molecular formula is C27H23BrN2O4S. The summed E-state index contributed by atoms with van der Waals surface area (Å²) in [5.41, 5.74) is 4.30. The van der Waals surface area contributed by atoms with Crippen LogP contribution in [0, 0.1) is 13.8 Å². The number of imide groups is 1. The van der Waals surface area contributed by atoms with Crippen molar-refractivity contribution in [2.75, 3.05) is 11.9 Å². The smallest absolute Gasteiger partial charge is 0.294 e. The maximum Gasteiger partial charge on any atom is 0.294 e. The Balaban J connectivity index is 1.41. The lowest BCUT2D eigenvalue weighted by Crippen LogP contribution is -2.36. The summed E-state index contributed by atoms with van der Waals surface area (Å²) in [7, 11) is 0. The fourth-order valence-corrected chi connectivity index (χ4v) is 4.93. The number of aryl methyl sites for hydroxylation is 2. The first-order valence-corrected chi connectivity index (χ1v) is 12.5. The second-order valence-electron chi connectivity index (χ2n) is 8.05. The highest BCUT2D eigenvalue weighted by atomic mass is 79.9. The van der Waals surface area contributed by atoms with Crippen LogP contribution >= 0.6 is 27.7 Å². The van der Waals surface area contributed by atoms with Gasteiger partial charge in [0.15, 0.2) is 0 Å². The van der Waals surface area contributed by atoms with Crippen LogP contribution in [0.25, 0.3) is 6.08 Å². The van der Waals surface area contributed by atoms with E-state index >= 15 is 0 Å². The molecule has 1 heterocycles. The molecule has 0 bridgehead atoms. The SMILES string of the molecule is Cc1cccc(C)c1NC(=O)CN1C(=O)S/C(=C/c2ccc(OCc3ccccc3)c(Br)c2)C1=O. The summed E-state index contributed by atoms with van der Waals surface area (Å²) in [6.07, 6.45) is 1.64. The standard InChI is InChI=1S/C27H23BrN2O4S/c1-17-7-6-8-18(2)25(17)29-24(31)15-30-26(32)23(35-27(30)33)14-20-11-12-22(21(28)13-20)34-16-19-9-4-3-5-10-19/h3-14H,15-16H2,1-2H3,(H,29,31)/b23-14+. The number of para-hydroxylation sites is 1. The van der Waals surface area contributed by atoms with E-state index in [9.17, 15) is 14.4 Å². The largest absolute Gasteiger partial charge is 0.488 e. The lowest BCUT2D eigenvalue weighted by Gasteiger charge is -2.15. The molecule has 0 unspecified atom stereocenters. The minimum absolute atomic E-state index is 0.264. The lowest BCUT2D eigenvalue weighted by molar-refractivity contribution is -0.127. The van der Waals surface area contributed by atoms with Gasteiger partial charge in [-0.15, -0.1) is 0 Å². The van der Waals surface area contributed by atoms with Gasteiger partial charge in [-0.05, 0) is 82.0 Å². The van der Waals surface area contributed by atoms with Crippen molar-refractivity contribution >= 4 is 56.5 Å². The van der Waals surface area contributed by atoms with Crippen molar-refractivity contribution in [3.63, 3.8) is 0 Å². The molecule has 0 aromatic heterocycles. The number of nitrogens with one attached hydrogen (secondary N) is 1. The summed E-state index contributed by atoms with van der Waals surface area (Å²) in [6.45, 7) is 3.87. The van der Waals surface area contributed by atoms with Gasteiger partial charge in [-0.3, -0.25) is 19.3 Å². The van der Waals surface area contributed by atoms with Gasteiger partial charge >= 0.3 is 0 Å². The number of carbonyl (C=O) groups excluding carboxylic acids is 3. The van der Waals surface area contributed by atoms with E-state index in [1.165, 1.54) is 0 Å². The van der Waals surface area contributed by atoms with Crippen molar-refractivity contribution in [3.05, 3.63) is 98.4 Å². The summed E-state index contributed by atoms with van der Waals surface area (Å²) in [4.78, 5) is 39.1. The summed E-state index contributed by atoms with van der Waals surface area (Å²) >= 11 is 4.33. The number of thioether (sulfide) groups is 1. The van der Waals surface area contributed by atoms with Crippen LogP contribution in [0.2, 0.25) is 0 Å². The highest BCUT2D eigenvalue weighted by molar-refractivity contribution is 9.10. The van der Waals surface area contributed by atoms with E-state index in [0.717, 1.165) is 43.4 Å². The number of benzene rings is 3. The second kappa shape index (κ2) is 10.9. The molecular weight excluding hydrogens is 528 g/mol. The van der Waals surface area contributed by atoms with E-state index in [4.69, 9.17) is 4.74 Å². The Morgan fingerprint density at radius 3 is 2.43 bits per heavy atom. The third-order valence-corrected chi connectivity index (χ3v) is 6.94. The molecule has 6 nitrogen and oxygen atoms in total. The van der Waals surface area contributed by atoms with Gasteiger partial charge in [0.25, 0.3) is 11.1 Å². The van der Waals surface area contributed by atoms with E-state index in [1.807, 2.05) is 74.5 Å². The molecule has 8 heteroatoms. The molecule has 4 rings (SSSR count). The van der Waals surface area contributed by atoms with E-state index in [1.54, 1.807) is 12.1 Å². The first-order valence-electron chi connectivity index (χ1n) is 10.9. The molecule has 0 spiro atoms. The Bertz CT molecular complexity index is 1300. The van der Waals surface area contributed by atoms with E-state index in [-0.39, 0.29) is 11.4 Å². The predicted octanol–water partition coefficient (Wildman–Crippen LogP) is 6.32. The van der Waals surface area contributed by atoms with Gasteiger partial charge in [-0.2, -0.15) is 0 Å². The highest BCUT2D eigenvalue weighted by Crippen LogP contribution is 2.34. The zero-order valence-corrected chi connectivity index (χ0v) is 21.6. The van der Waals surface area contributed by atoms with Gasteiger partial charge < -0.3 is 10.1 Å². The quantitative estimate of drug-likeness (QED) is 0.348. The molecule has 1 aliphatic rings. The molecule has 178 valence electrons. The van der Waals surface area contributed by atoms with Crippen LogP contribution in [0.4, 0.5) is 10.5 Å². The number of nitrogens with zero attached hydrogens (tertiary/aromatic N) is 1. The molecule has 0 aliphatic carbocycles. The topological polar surface area (TPSA) is 75.7 Å². The third kappa shape index (κ3) is 6.01. The van der Waals surface area contributed by atoms with Gasteiger partial charge in [0.05, 0.1) is 9.38 Å². The van der Waals surface area contributed by atoms with Gasteiger partial charge in [0.2, 0.25) is 5.91 Å². The Hall–Kier alpha value is -3.36. The van der Waals surface area contributed by atoms with Crippen LogP contribution in [-0.2, 0) is 16.2 Å². The predicted molar refractivity (Wildman–Crippen MR) is 142 cm³/mol. The number of ether oxygens (including phenoxy) is 1. The summed E-state index contributed by atoms with van der Waals surface area (Å²) in [5.74, 6) is -0.243. The second-order valence-corrected chi connectivity index (χ2v) is 9.89. The van der Waals surface area contributed by atoms with Crippen LogP contribution in [0.3, 0.4) is 0 Å². The average molecular weight is 551 g/mol. The number of halogens is 1. The van der Waals surface area contributed by atoms with Crippen LogP contribution in [0.1, 0.15) is 22.3 Å². The van der Waals surface area contributed by atoms with Crippen LogP contribution in [0.5, 0.6) is 5.75 Å². The Kier molecular flexibility index (Phi) is 7.73. The fourth-order valence-electron chi connectivity index (χ4n) is 3.58. The summed E-state index contributed by atoms with van der Waals surface area (Å²) < 4.78 is 6.60. The zero-order valence-electron chi connectivity index (χ0n) is 19.2. The Labute approximate surface area is 216 Å². The zero-order chi connectivity index (χ0) is 24.9. The lowest BCUT2D eigenvalue weighted by atomic mass is 10.1. The van der Waals surface area contributed by atoms with Gasteiger partial charge in [0, 0.05) is 5.69 Å². The third-order valence-electron chi connectivity index (χ3n) is 5.41. The number of rotatable bonds is 7. The number of anilines is 1. The summed E-state index contributed by atoms with van der Waals surface area (Å²) in [5, 5.41) is 2.34. The molecule has 0 saturated carbocycles. The first-order chi connectivity index (χ1) is 16.8.